The number of hydrogen-bond acceptors (Lipinski definition) is 8. The van der Waals surface area contributed by atoms with Crippen LogP contribution in [-0.2, 0) is 59.6 Å². The number of ether oxygens (including phenoxy) is 6. The molecule has 1 fully saturated rings. The minimum absolute atomic E-state index is 0.0323. The van der Waals surface area contributed by atoms with E-state index in [0.29, 0.717) is 6.61 Å². The first-order valence-electron chi connectivity index (χ1n) is 17.2. The molecule has 0 radical (unpaired) electrons. The van der Waals surface area contributed by atoms with Gasteiger partial charge in [-0.3, -0.25) is 4.79 Å². The van der Waals surface area contributed by atoms with Crippen LogP contribution in [0, 0.1) is 11.8 Å². The van der Waals surface area contributed by atoms with E-state index in [-0.39, 0.29) is 32.8 Å². The van der Waals surface area contributed by atoms with E-state index in [1.807, 2.05) is 121 Å². The molecule has 4 aromatic rings. The fourth-order valence-corrected chi connectivity index (χ4v) is 5.76. The monoisotopic (exact) mass is 690 g/mol. The Morgan fingerprint density at radius 1 is 0.706 bits per heavy atom. The van der Waals surface area contributed by atoms with E-state index < -0.39 is 48.7 Å². The summed E-state index contributed by atoms with van der Waals surface area (Å²) in [6, 6.07) is 39.4. The van der Waals surface area contributed by atoms with Gasteiger partial charge >= 0.3 is 5.97 Å². The van der Waals surface area contributed by atoms with E-state index in [2.05, 4.69) is 18.4 Å². The van der Waals surface area contributed by atoms with Gasteiger partial charge in [0.25, 0.3) is 0 Å². The van der Waals surface area contributed by atoms with Crippen LogP contribution in [0.25, 0.3) is 0 Å². The number of carbonyl (C=O) groups excluding carboxylic acids is 1. The molecule has 1 saturated heterocycles. The smallest absolute Gasteiger partial charge is 0.310 e. The van der Waals surface area contributed by atoms with E-state index in [1.54, 1.807) is 6.92 Å². The molecule has 8 nitrogen and oxygen atoms in total. The Kier molecular flexibility index (Phi) is 15.0. The minimum Gasteiger partial charge on any atom is -0.446 e. The molecule has 8 heteroatoms. The number of rotatable bonds is 17. The molecule has 1 aliphatic heterocycles. The van der Waals surface area contributed by atoms with Gasteiger partial charge in [-0.2, -0.15) is 0 Å². The summed E-state index contributed by atoms with van der Waals surface area (Å²) >= 11 is 0. The maximum Gasteiger partial charge on any atom is 0.310 e. The highest BCUT2D eigenvalue weighted by atomic mass is 16.6. The Hall–Kier alpha value is -4.59. The fourth-order valence-electron chi connectivity index (χ4n) is 5.76. The van der Waals surface area contributed by atoms with Gasteiger partial charge in [0, 0.05) is 0 Å². The summed E-state index contributed by atoms with van der Waals surface area (Å²) in [6.07, 6.45) is -4.53. The Labute approximate surface area is 300 Å². The Morgan fingerprint density at radius 2 is 1.16 bits per heavy atom. The zero-order valence-electron chi connectivity index (χ0n) is 28.9. The zero-order chi connectivity index (χ0) is 35.7. The van der Waals surface area contributed by atoms with Crippen LogP contribution >= 0.6 is 0 Å². The SMILES string of the molecule is C=CCC(=O)O[C@H](C#C[C@@H](C)O)[C@@H]1O[C@H](COCc2ccccc2)[C@@H](OCc2ccccc2)[C@H](OCc2ccccc2)[C@H]1OCc1ccccc1. The van der Waals surface area contributed by atoms with Crippen molar-refractivity contribution in [1.82, 2.24) is 0 Å². The third-order valence-corrected chi connectivity index (χ3v) is 8.22. The highest BCUT2D eigenvalue weighted by Crippen LogP contribution is 2.33. The standard InChI is InChI=1S/C43H46O8/c1-3-16-39(45)50-37(26-25-32(2)44)41-43(49-30-36-23-14-7-15-24-36)42(48-29-35-21-12-6-13-22-35)40(47-28-34-19-10-5-11-20-34)38(51-41)31-46-27-33-17-8-4-9-18-33/h3-15,17-24,32,37-38,40-44H,1,16,27-31H2,2H3/t32-,37-,38-,40-,41+,42+,43+/m1/s1. The van der Waals surface area contributed by atoms with Crippen LogP contribution in [0.2, 0.25) is 0 Å². The molecule has 0 aromatic heterocycles. The van der Waals surface area contributed by atoms with Crippen molar-refractivity contribution < 1.29 is 38.3 Å². The zero-order valence-corrected chi connectivity index (χ0v) is 28.9. The quantitative estimate of drug-likeness (QED) is 0.0754. The molecule has 266 valence electrons. The van der Waals surface area contributed by atoms with E-state index >= 15 is 0 Å². The molecule has 1 heterocycles. The molecule has 0 aliphatic carbocycles. The van der Waals surface area contributed by atoms with Crippen LogP contribution in [0.1, 0.15) is 35.6 Å². The van der Waals surface area contributed by atoms with Crippen molar-refractivity contribution >= 4 is 5.97 Å². The average Bonchev–Trinajstić information content (AvgIpc) is 3.16. The van der Waals surface area contributed by atoms with Crippen molar-refractivity contribution in [3.63, 3.8) is 0 Å². The van der Waals surface area contributed by atoms with Gasteiger partial charge in [-0.25, -0.2) is 0 Å². The van der Waals surface area contributed by atoms with Crippen LogP contribution in [0.15, 0.2) is 134 Å². The molecule has 4 aromatic carbocycles. The topological polar surface area (TPSA) is 92.7 Å². The normalized spacial score (nSPS) is 21.1. The summed E-state index contributed by atoms with van der Waals surface area (Å²) in [5.74, 6) is 5.17. The fraction of sp³-hybridized carbons (Fsp3) is 0.326. The third-order valence-electron chi connectivity index (χ3n) is 8.22. The molecule has 51 heavy (non-hydrogen) atoms. The first-order valence-corrected chi connectivity index (χ1v) is 17.2. The lowest BCUT2D eigenvalue weighted by atomic mass is 9.91. The van der Waals surface area contributed by atoms with Gasteiger partial charge in [0.05, 0.1) is 39.5 Å². The van der Waals surface area contributed by atoms with Gasteiger partial charge in [0.2, 0.25) is 0 Å². The maximum absolute atomic E-state index is 13.0. The lowest BCUT2D eigenvalue weighted by Crippen LogP contribution is -2.64. The van der Waals surface area contributed by atoms with Crippen molar-refractivity contribution in [3.8, 4) is 11.8 Å². The second kappa shape index (κ2) is 20.3. The van der Waals surface area contributed by atoms with Gasteiger partial charge in [-0.15, -0.1) is 6.58 Å². The van der Waals surface area contributed by atoms with Gasteiger partial charge in [-0.05, 0) is 29.2 Å². The number of aliphatic hydroxyl groups is 1. The third kappa shape index (κ3) is 12.0. The molecule has 0 saturated carbocycles. The van der Waals surface area contributed by atoms with Crippen molar-refractivity contribution in [1.29, 1.82) is 0 Å². The minimum atomic E-state index is -1.12. The second-order valence-corrected chi connectivity index (χ2v) is 12.3. The molecule has 5 rings (SSSR count). The van der Waals surface area contributed by atoms with Crippen LogP contribution in [-0.4, -0.2) is 60.4 Å². The Bertz CT molecular complexity index is 1650. The maximum atomic E-state index is 13.0. The number of carbonyl (C=O) groups is 1. The highest BCUT2D eigenvalue weighted by Gasteiger charge is 2.51. The largest absolute Gasteiger partial charge is 0.446 e. The summed E-state index contributed by atoms with van der Waals surface area (Å²) in [7, 11) is 0. The lowest BCUT2D eigenvalue weighted by Gasteiger charge is -2.47. The van der Waals surface area contributed by atoms with E-state index in [0.717, 1.165) is 22.3 Å². The summed E-state index contributed by atoms with van der Waals surface area (Å²) in [5.41, 5.74) is 3.88. The molecule has 1 N–H and O–H groups in total. The van der Waals surface area contributed by atoms with Crippen molar-refractivity contribution in [2.75, 3.05) is 6.61 Å². The molecule has 7 atom stereocenters. The summed E-state index contributed by atoms with van der Waals surface area (Å²) < 4.78 is 39.2. The first-order chi connectivity index (χ1) is 25.0. The van der Waals surface area contributed by atoms with Crippen molar-refractivity contribution in [3.05, 3.63) is 156 Å². The summed E-state index contributed by atoms with van der Waals surface area (Å²) in [5, 5.41) is 10.1. The predicted octanol–water partition coefficient (Wildman–Crippen LogP) is 6.60. The van der Waals surface area contributed by atoms with Crippen LogP contribution in [0.5, 0.6) is 0 Å². The van der Waals surface area contributed by atoms with Crippen LogP contribution < -0.4 is 0 Å². The molecule has 0 bridgehead atoms. The van der Waals surface area contributed by atoms with E-state index in [9.17, 15) is 9.90 Å². The van der Waals surface area contributed by atoms with Gasteiger partial charge in [0.15, 0.2) is 6.10 Å². The number of aliphatic hydroxyl groups excluding tert-OH is 1. The van der Waals surface area contributed by atoms with E-state index in [4.69, 9.17) is 28.4 Å². The number of benzene rings is 4. The van der Waals surface area contributed by atoms with Gasteiger partial charge in [-0.1, -0.05) is 139 Å². The molecule has 0 amide bonds. The van der Waals surface area contributed by atoms with Crippen molar-refractivity contribution in [2.45, 2.75) is 82.5 Å². The molecule has 1 aliphatic rings. The molecular formula is C43H46O8. The molecule has 0 unspecified atom stereocenters. The first kappa shape index (κ1) is 37.7. The lowest BCUT2D eigenvalue weighted by molar-refractivity contribution is -0.283. The number of esters is 1. The highest BCUT2D eigenvalue weighted by molar-refractivity contribution is 5.71. The van der Waals surface area contributed by atoms with Crippen molar-refractivity contribution in [2.24, 2.45) is 0 Å². The Morgan fingerprint density at radius 3 is 1.63 bits per heavy atom. The van der Waals surface area contributed by atoms with Gasteiger partial charge < -0.3 is 33.5 Å². The predicted molar refractivity (Wildman–Crippen MR) is 194 cm³/mol. The second-order valence-electron chi connectivity index (χ2n) is 12.3. The summed E-state index contributed by atoms with van der Waals surface area (Å²) in [6.45, 7) is 6.46. The Balaban J connectivity index is 1.54. The summed E-state index contributed by atoms with van der Waals surface area (Å²) in [4.78, 5) is 13.0. The molecule has 0 spiro atoms. The average molecular weight is 691 g/mol. The van der Waals surface area contributed by atoms with Crippen LogP contribution in [0.3, 0.4) is 0 Å². The number of hydrogen-bond donors (Lipinski definition) is 1. The molecular weight excluding hydrogens is 644 g/mol. The van der Waals surface area contributed by atoms with E-state index in [1.165, 1.54) is 6.08 Å². The van der Waals surface area contributed by atoms with Gasteiger partial charge in [0.1, 0.15) is 36.6 Å². The van der Waals surface area contributed by atoms with Crippen LogP contribution in [0.4, 0.5) is 0 Å².